The number of esters is 1. The van der Waals surface area contributed by atoms with Crippen molar-refractivity contribution < 1.29 is 14.3 Å². The van der Waals surface area contributed by atoms with Gasteiger partial charge in [-0.2, -0.15) is 0 Å². The van der Waals surface area contributed by atoms with Crippen molar-refractivity contribution in [3.8, 4) is 0 Å². The largest absolute Gasteiger partial charge is 0.457 e. The summed E-state index contributed by atoms with van der Waals surface area (Å²) in [6.07, 6.45) is 0. The van der Waals surface area contributed by atoms with Crippen LogP contribution >= 0.6 is 15.9 Å². The average Bonchev–Trinajstić information content (AvgIpc) is 2.62. The third-order valence-corrected chi connectivity index (χ3v) is 5.09. The molecule has 3 rings (SSSR count). The van der Waals surface area contributed by atoms with Gasteiger partial charge in [0.05, 0.1) is 11.6 Å². The molecule has 0 saturated heterocycles. The second kappa shape index (κ2) is 7.74. The molecule has 0 fully saturated rings. The van der Waals surface area contributed by atoms with Crippen LogP contribution in [0.15, 0.2) is 64.3 Å². The van der Waals surface area contributed by atoms with Crippen molar-refractivity contribution in [1.29, 1.82) is 0 Å². The Kier molecular flexibility index (Phi) is 5.42. The van der Waals surface area contributed by atoms with E-state index in [4.69, 9.17) is 4.74 Å². The highest BCUT2D eigenvalue weighted by Gasteiger charge is 2.32. The first-order chi connectivity index (χ1) is 12.5. The summed E-state index contributed by atoms with van der Waals surface area (Å²) in [6, 6.07) is 14.3. The van der Waals surface area contributed by atoms with Crippen molar-refractivity contribution >= 4 is 27.9 Å². The molecule has 26 heavy (non-hydrogen) atoms. The van der Waals surface area contributed by atoms with Crippen LogP contribution in [-0.2, 0) is 16.1 Å². The van der Waals surface area contributed by atoms with Gasteiger partial charge in [0.15, 0.2) is 0 Å². The van der Waals surface area contributed by atoms with Gasteiger partial charge in [-0.15, -0.1) is 0 Å². The predicted octanol–water partition coefficient (Wildman–Crippen LogP) is 4.13. The number of urea groups is 1. The molecule has 0 aliphatic carbocycles. The molecule has 6 heteroatoms. The van der Waals surface area contributed by atoms with Crippen molar-refractivity contribution in [2.45, 2.75) is 26.5 Å². The van der Waals surface area contributed by atoms with Gasteiger partial charge in [-0.1, -0.05) is 58.4 Å². The molecular weight excluding hydrogens is 396 g/mol. The first-order valence-corrected chi connectivity index (χ1v) is 9.00. The quantitative estimate of drug-likeness (QED) is 0.738. The molecule has 1 atom stereocenters. The van der Waals surface area contributed by atoms with E-state index in [9.17, 15) is 9.59 Å². The lowest BCUT2D eigenvalue weighted by Crippen LogP contribution is -2.45. The molecule has 134 valence electrons. The van der Waals surface area contributed by atoms with E-state index < -0.39 is 12.0 Å². The van der Waals surface area contributed by atoms with E-state index in [0.29, 0.717) is 11.3 Å². The van der Waals surface area contributed by atoms with E-state index in [1.165, 1.54) is 0 Å². The molecule has 2 N–H and O–H groups in total. The molecule has 0 spiro atoms. The molecule has 1 aliphatic heterocycles. The van der Waals surface area contributed by atoms with Crippen LogP contribution in [0.5, 0.6) is 0 Å². The molecule has 0 saturated carbocycles. The van der Waals surface area contributed by atoms with Gasteiger partial charge in [0.25, 0.3) is 0 Å². The lowest BCUT2D eigenvalue weighted by atomic mass is 9.95. The Labute approximate surface area is 160 Å². The lowest BCUT2D eigenvalue weighted by Gasteiger charge is -2.28. The van der Waals surface area contributed by atoms with E-state index in [1.54, 1.807) is 6.92 Å². The number of carbonyl (C=O) groups is 2. The van der Waals surface area contributed by atoms with Crippen molar-refractivity contribution in [3.05, 3.63) is 81.0 Å². The molecule has 2 aromatic rings. The number of halogens is 1. The molecule has 0 aromatic heterocycles. The Hall–Kier alpha value is -2.60. The number of amides is 2. The molecule has 1 heterocycles. The number of nitrogens with one attached hydrogen (secondary N) is 2. The third-order valence-electron chi connectivity index (χ3n) is 4.23. The van der Waals surface area contributed by atoms with E-state index in [1.807, 2.05) is 55.5 Å². The molecule has 0 bridgehead atoms. The molecule has 5 nitrogen and oxygen atoms in total. The molecule has 2 aromatic carbocycles. The van der Waals surface area contributed by atoms with Crippen LogP contribution < -0.4 is 10.6 Å². The van der Waals surface area contributed by atoms with Crippen LogP contribution in [0.2, 0.25) is 0 Å². The zero-order valence-electron chi connectivity index (χ0n) is 14.5. The SMILES string of the molecule is CC1=C(C(=O)OCc2ccccc2)C(c2ccc(C)c(Br)c2)NC(=O)N1. The van der Waals surface area contributed by atoms with Gasteiger partial charge in [-0.05, 0) is 36.6 Å². The average molecular weight is 415 g/mol. The van der Waals surface area contributed by atoms with Gasteiger partial charge in [-0.25, -0.2) is 9.59 Å². The van der Waals surface area contributed by atoms with Crippen LogP contribution in [0.25, 0.3) is 0 Å². The summed E-state index contributed by atoms with van der Waals surface area (Å²) >= 11 is 3.50. The van der Waals surface area contributed by atoms with Gasteiger partial charge in [0, 0.05) is 10.2 Å². The minimum Gasteiger partial charge on any atom is -0.457 e. The minimum atomic E-state index is -0.566. The number of hydrogen-bond acceptors (Lipinski definition) is 3. The lowest BCUT2D eigenvalue weighted by molar-refractivity contribution is -0.140. The Balaban J connectivity index is 1.87. The topological polar surface area (TPSA) is 67.4 Å². The maximum absolute atomic E-state index is 12.7. The fourth-order valence-corrected chi connectivity index (χ4v) is 3.20. The first kappa shape index (κ1) is 18.2. The number of benzene rings is 2. The monoisotopic (exact) mass is 414 g/mol. The first-order valence-electron chi connectivity index (χ1n) is 8.21. The van der Waals surface area contributed by atoms with Gasteiger partial charge >= 0.3 is 12.0 Å². The smallest absolute Gasteiger partial charge is 0.338 e. The summed E-state index contributed by atoms with van der Waals surface area (Å²) in [5.74, 6) is -0.458. The van der Waals surface area contributed by atoms with Gasteiger partial charge < -0.3 is 15.4 Å². The second-order valence-electron chi connectivity index (χ2n) is 6.14. The Bertz CT molecular complexity index is 878. The molecule has 2 amide bonds. The summed E-state index contributed by atoms with van der Waals surface area (Å²) in [7, 11) is 0. The van der Waals surface area contributed by atoms with Crippen molar-refractivity contribution in [2.24, 2.45) is 0 Å². The maximum Gasteiger partial charge on any atom is 0.338 e. The van der Waals surface area contributed by atoms with Crippen molar-refractivity contribution in [1.82, 2.24) is 10.6 Å². The minimum absolute atomic E-state index is 0.175. The van der Waals surface area contributed by atoms with Gasteiger partial charge in [-0.3, -0.25) is 0 Å². The summed E-state index contributed by atoms with van der Waals surface area (Å²) in [5.41, 5.74) is 3.68. The predicted molar refractivity (Wildman–Crippen MR) is 102 cm³/mol. The normalized spacial score (nSPS) is 16.7. The zero-order valence-corrected chi connectivity index (χ0v) is 16.1. The summed E-state index contributed by atoms with van der Waals surface area (Å²) in [6.45, 7) is 3.85. The zero-order chi connectivity index (χ0) is 18.7. The molecule has 0 radical (unpaired) electrons. The second-order valence-corrected chi connectivity index (χ2v) is 6.99. The van der Waals surface area contributed by atoms with E-state index >= 15 is 0 Å². The molecule has 1 unspecified atom stereocenters. The van der Waals surface area contributed by atoms with Crippen LogP contribution in [0.4, 0.5) is 4.79 Å². The number of ether oxygens (including phenoxy) is 1. The Morgan fingerprint density at radius 1 is 1.15 bits per heavy atom. The summed E-state index contributed by atoms with van der Waals surface area (Å²) in [4.78, 5) is 24.7. The molecular formula is C20H19BrN2O3. The maximum atomic E-state index is 12.7. The number of allylic oxidation sites excluding steroid dienone is 1. The number of carbonyl (C=O) groups excluding carboxylic acids is 2. The van der Waals surface area contributed by atoms with Gasteiger partial charge in [0.2, 0.25) is 0 Å². The van der Waals surface area contributed by atoms with Crippen molar-refractivity contribution in [3.63, 3.8) is 0 Å². The van der Waals surface area contributed by atoms with Crippen LogP contribution in [-0.4, -0.2) is 12.0 Å². The van der Waals surface area contributed by atoms with E-state index in [2.05, 4.69) is 26.6 Å². The van der Waals surface area contributed by atoms with Crippen LogP contribution in [0.1, 0.15) is 29.7 Å². The highest BCUT2D eigenvalue weighted by atomic mass is 79.9. The summed E-state index contributed by atoms with van der Waals surface area (Å²) in [5, 5.41) is 5.46. The number of hydrogen-bond donors (Lipinski definition) is 2. The highest BCUT2D eigenvalue weighted by Crippen LogP contribution is 2.30. The fraction of sp³-hybridized carbons (Fsp3) is 0.200. The van der Waals surface area contributed by atoms with Crippen molar-refractivity contribution in [2.75, 3.05) is 0 Å². The highest BCUT2D eigenvalue weighted by molar-refractivity contribution is 9.10. The van der Waals surface area contributed by atoms with Crippen LogP contribution in [0, 0.1) is 6.92 Å². The van der Waals surface area contributed by atoms with E-state index in [-0.39, 0.29) is 12.6 Å². The summed E-state index contributed by atoms with van der Waals surface area (Å²) < 4.78 is 6.39. The number of aryl methyl sites for hydroxylation is 1. The molecule has 1 aliphatic rings. The van der Waals surface area contributed by atoms with E-state index in [0.717, 1.165) is 21.2 Å². The standard InChI is InChI=1S/C20H19BrN2O3/c1-12-8-9-15(10-16(12)21)18-17(13(2)22-20(25)23-18)19(24)26-11-14-6-4-3-5-7-14/h3-10,18H,11H2,1-2H3,(H2,22,23,25). The van der Waals surface area contributed by atoms with Gasteiger partial charge in [0.1, 0.15) is 6.61 Å². The Morgan fingerprint density at radius 3 is 2.58 bits per heavy atom. The Morgan fingerprint density at radius 2 is 1.88 bits per heavy atom. The van der Waals surface area contributed by atoms with Crippen LogP contribution in [0.3, 0.4) is 0 Å². The third kappa shape index (κ3) is 3.96. The number of rotatable bonds is 4. The fourth-order valence-electron chi connectivity index (χ4n) is 2.80.